The molecule has 0 spiro atoms. The lowest BCUT2D eigenvalue weighted by Crippen LogP contribution is -2.46. The Morgan fingerprint density at radius 3 is 2.36 bits per heavy atom. The van der Waals surface area contributed by atoms with Crippen LogP contribution in [0.3, 0.4) is 0 Å². The van der Waals surface area contributed by atoms with E-state index in [1.54, 1.807) is 0 Å². The van der Waals surface area contributed by atoms with Gasteiger partial charge in [-0.1, -0.05) is 27.2 Å². The van der Waals surface area contributed by atoms with Crippen molar-refractivity contribution in [3.05, 3.63) is 0 Å². The Morgan fingerprint density at radius 1 is 1.29 bits per heavy atom. The summed E-state index contributed by atoms with van der Waals surface area (Å²) in [6.07, 6.45) is 4.44. The average molecular weight is 200 g/mol. The predicted molar refractivity (Wildman–Crippen MR) is 62.0 cm³/mol. The lowest BCUT2D eigenvalue weighted by molar-refractivity contribution is 0.558. The van der Waals surface area contributed by atoms with Gasteiger partial charge in [0.05, 0.1) is 0 Å². The molecular weight excluding hydrogens is 176 g/mol. The smallest absolute Gasteiger partial charge is 0.205 e. The number of aliphatic imine (C=N–C) groups is 1. The van der Waals surface area contributed by atoms with E-state index in [1.807, 2.05) is 0 Å². The van der Waals surface area contributed by atoms with E-state index in [1.165, 1.54) is 0 Å². The molecule has 4 heteroatoms. The molecule has 0 aromatic rings. The summed E-state index contributed by atoms with van der Waals surface area (Å²) in [6.45, 7) is 7.30. The first-order valence-corrected chi connectivity index (χ1v) is 5.56. The summed E-state index contributed by atoms with van der Waals surface area (Å²) in [7, 11) is 0. The van der Waals surface area contributed by atoms with Crippen LogP contribution in [0.4, 0.5) is 0 Å². The number of unbranched alkanes of at least 4 members (excludes halogenated alkanes) is 1. The molecule has 0 rings (SSSR count). The van der Waals surface area contributed by atoms with Gasteiger partial charge in [0, 0.05) is 12.6 Å². The van der Waals surface area contributed by atoms with Crippen LogP contribution in [0.1, 0.15) is 46.5 Å². The molecule has 0 aromatic heterocycles. The zero-order valence-corrected chi connectivity index (χ0v) is 9.64. The van der Waals surface area contributed by atoms with Gasteiger partial charge >= 0.3 is 0 Å². The van der Waals surface area contributed by atoms with Crippen molar-refractivity contribution in [1.82, 2.24) is 10.7 Å². The minimum Gasteiger partial charge on any atom is -0.353 e. The van der Waals surface area contributed by atoms with Crippen molar-refractivity contribution in [3.63, 3.8) is 0 Å². The SMILES string of the molecule is CCCCN=C(NN)NC(CC)CC. The highest BCUT2D eigenvalue weighted by Crippen LogP contribution is 1.95. The fourth-order valence-electron chi connectivity index (χ4n) is 1.17. The van der Waals surface area contributed by atoms with Crippen LogP contribution in [0.5, 0.6) is 0 Å². The van der Waals surface area contributed by atoms with Crippen molar-refractivity contribution in [2.24, 2.45) is 10.8 Å². The summed E-state index contributed by atoms with van der Waals surface area (Å²) in [4.78, 5) is 4.34. The van der Waals surface area contributed by atoms with Gasteiger partial charge in [0.2, 0.25) is 5.96 Å². The maximum absolute atomic E-state index is 5.37. The normalized spacial score (nSPS) is 11.9. The second-order valence-corrected chi connectivity index (χ2v) is 3.39. The van der Waals surface area contributed by atoms with Crippen molar-refractivity contribution in [1.29, 1.82) is 0 Å². The number of nitrogens with two attached hydrogens (primary N) is 1. The largest absolute Gasteiger partial charge is 0.353 e. The van der Waals surface area contributed by atoms with E-state index >= 15 is 0 Å². The molecule has 0 saturated heterocycles. The first kappa shape index (κ1) is 13.2. The highest BCUT2D eigenvalue weighted by atomic mass is 15.3. The molecule has 0 heterocycles. The summed E-state index contributed by atoms with van der Waals surface area (Å²) in [5.74, 6) is 6.08. The first-order valence-electron chi connectivity index (χ1n) is 5.56. The lowest BCUT2D eigenvalue weighted by atomic mass is 10.2. The lowest BCUT2D eigenvalue weighted by Gasteiger charge is -2.17. The van der Waals surface area contributed by atoms with Gasteiger partial charge in [-0.05, 0) is 19.3 Å². The fraction of sp³-hybridized carbons (Fsp3) is 0.900. The van der Waals surface area contributed by atoms with Crippen LogP contribution in [-0.4, -0.2) is 18.5 Å². The quantitative estimate of drug-likeness (QED) is 0.200. The number of rotatable bonds is 6. The molecule has 14 heavy (non-hydrogen) atoms. The molecule has 0 atom stereocenters. The Bertz CT molecular complexity index is 152. The highest BCUT2D eigenvalue weighted by molar-refractivity contribution is 5.79. The molecule has 0 unspecified atom stereocenters. The summed E-state index contributed by atoms with van der Waals surface area (Å²) >= 11 is 0. The zero-order valence-electron chi connectivity index (χ0n) is 9.64. The molecule has 0 amide bonds. The van der Waals surface area contributed by atoms with Crippen molar-refractivity contribution in [2.45, 2.75) is 52.5 Å². The van der Waals surface area contributed by atoms with E-state index in [9.17, 15) is 0 Å². The highest BCUT2D eigenvalue weighted by Gasteiger charge is 2.04. The van der Waals surface area contributed by atoms with Crippen LogP contribution in [0, 0.1) is 0 Å². The van der Waals surface area contributed by atoms with E-state index < -0.39 is 0 Å². The number of nitrogens with one attached hydrogen (secondary N) is 2. The molecule has 4 nitrogen and oxygen atoms in total. The fourth-order valence-corrected chi connectivity index (χ4v) is 1.17. The minimum absolute atomic E-state index is 0.464. The number of hydrogen-bond donors (Lipinski definition) is 3. The Kier molecular flexibility index (Phi) is 8.33. The van der Waals surface area contributed by atoms with E-state index in [0.717, 1.165) is 32.2 Å². The third-order valence-corrected chi connectivity index (χ3v) is 2.24. The van der Waals surface area contributed by atoms with Crippen molar-refractivity contribution >= 4 is 5.96 Å². The molecule has 84 valence electrons. The standard InChI is InChI=1S/C10H24N4/c1-4-7-8-12-10(14-11)13-9(5-2)6-3/h9H,4-8,11H2,1-3H3,(H2,12,13,14). The van der Waals surface area contributed by atoms with Gasteiger partial charge in [0.15, 0.2) is 0 Å². The van der Waals surface area contributed by atoms with Gasteiger partial charge in [0.25, 0.3) is 0 Å². The minimum atomic E-state index is 0.464. The van der Waals surface area contributed by atoms with Crippen molar-refractivity contribution in [2.75, 3.05) is 6.54 Å². The molecule has 0 aliphatic rings. The van der Waals surface area contributed by atoms with Crippen LogP contribution < -0.4 is 16.6 Å². The molecule has 0 fully saturated rings. The monoisotopic (exact) mass is 200 g/mol. The summed E-state index contributed by atoms with van der Waals surface area (Å²) in [5, 5.41) is 3.28. The van der Waals surface area contributed by atoms with Crippen LogP contribution in [0.15, 0.2) is 4.99 Å². The Balaban J connectivity index is 3.92. The number of nitrogens with zero attached hydrogens (tertiary/aromatic N) is 1. The van der Waals surface area contributed by atoms with Crippen molar-refractivity contribution < 1.29 is 0 Å². The third kappa shape index (κ3) is 5.80. The molecule has 0 saturated carbocycles. The van der Waals surface area contributed by atoms with Crippen LogP contribution in [0.2, 0.25) is 0 Å². The van der Waals surface area contributed by atoms with E-state index in [0.29, 0.717) is 12.0 Å². The molecule has 0 bridgehead atoms. The summed E-state index contributed by atoms with van der Waals surface area (Å²) in [6, 6.07) is 0.464. The number of hydrogen-bond acceptors (Lipinski definition) is 2. The first-order chi connectivity index (χ1) is 6.78. The van der Waals surface area contributed by atoms with Gasteiger partial charge < -0.3 is 5.32 Å². The van der Waals surface area contributed by atoms with Crippen LogP contribution in [0.25, 0.3) is 0 Å². The van der Waals surface area contributed by atoms with Gasteiger partial charge in [-0.15, -0.1) is 0 Å². The molecule has 0 aromatic carbocycles. The summed E-state index contributed by atoms with van der Waals surface area (Å²) < 4.78 is 0. The van der Waals surface area contributed by atoms with Crippen molar-refractivity contribution in [3.8, 4) is 0 Å². The maximum Gasteiger partial charge on any atom is 0.205 e. The number of hydrazine groups is 1. The third-order valence-electron chi connectivity index (χ3n) is 2.24. The zero-order chi connectivity index (χ0) is 10.8. The Morgan fingerprint density at radius 2 is 1.93 bits per heavy atom. The second-order valence-electron chi connectivity index (χ2n) is 3.39. The topological polar surface area (TPSA) is 62.4 Å². The molecular formula is C10H24N4. The molecule has 0 aliphatic heterocycles. The van der Waals surface area contributed by atoms with Crippen LogP contribution >= 0.6 is 0 Å². The predicted octanol–water partition coefficient (Wildman–Crippen LogP) is 1.38. The van der Waals surface area contributed by atoms with Gasteiger partial charge in [0.1, 0.15) is 0 Å². The summed E-state index contributed by atoms with van der Waals surface area (Å²) in [5.41, 5.74) is 2.60. The molecule has 0 aliphatic carbocycles. The maximum atomic E-state index is 5.37. The van der Waals surface area contributed by atoms with Gasteiger partial charge in [-0.2, -0.15) is 0 Å². The number of guanidine groups is 1. The van der Waals surface area contributed by atoms with E-state index in [4.69, 9.17) is 5.84 Å². The van der Waals surface area contributed by atoms with Crippen LogP contribution in [-0.2, 0) is 0 Å². The van der Waals surface area contributed by atoms with Gasteiger partial charge in [-0.3, -0.25) is 10.4 Å². The second kappa shape index (κ2) is 8.81. The Hall–Kier alpha value is -0.770. The Labute approximate surface area is 87.3 Å². The van der Waals surface area contributed by atoms with E-state index in [-0.39, 0.29) is 0 Å². The van der Waals surface area contributed by atoms with E-state index in [2.05, 4.69) is 36.5 Å². The molecule has 0 radical (unpaired) electrons. The molecule has 4 N–H and O–H groups in total. The van der Waals surface area contributed by atoms with Gasteiger partial charge in [-0.25, -0.2) is 5.84 Å². The average Bonchev–Trinajstić information content (AvgIpc) is 2.23.